The highest BCUT2D eigenvalue weighted by Gasteiger charge is 2.26. The van der Waals surface area contributed by atoms with Crippen LogP contribution in [-0.4, -0.2) is 35.8 Å². The van der Waals surface area contributed by atoms with Crippen molar-refractivity contribution < 1.29 is 23.5 Å². The number of aromatic nitrogens is 1. The number of ether oxygens (including phenoxy) is 1. The van der Waals surface area contributed by atoms with Crippen molar-refractivity contribution in [3.05, 3.63) is 65.5 Å². The number of ketones is 1. The summed E-state index contributed by atoms with van der Waals surface area (Å²) in [5, 5.41) is 2.65. The lowest BCUT2D eigenvalue weighted by Gasteiger charge is -2.15. The van der Waals surface area contributed by atoms with E-state index in [2.05, 4.69) is 15.0 Å². The van der Waals surface area contributed by atoms with Gasteiger partial charge in [-0.1, -0.05) is 30.3 Å². The molecule has 0 spiro atoms. The fraction of sp³-hybridized carbons (Fsp3) is 0.200. The molecule has 0 saturated heterocycles. The minimum absolute atomic E-state index is 0.123. The third-order valence-corrected chi connectivity index (χ3v) is 4.00. The van der Waals surface area contributed by atoms with E-state index in [4.69, 9.17) is 4.42 Å². The van der Waals surface area contributed by atoms with Crippen LogP contribution in [-0.2, 0) is 16.0 Å². The third kappa shape index (κ3) is 4.20. The van der Waals surface area contributed by atoms with Gasteiger partial charge in [-0.15, -0.1) is 0 Å². The van der Waals surface area contributed by atoms with Crippen molar-refractivity contribution in [2.24, 2.45) is 0 Å². The van der Waals surface area contributed by atoms with Crippen molar-refractivity contribution in [2.75, 3.05) is 7.11 Å². The van der Waals surface area contributed by atoms with E-state index >= 15 is 0 Å². The Kier molecular flexibility index (Phi) is 5.30. The van der Waals surface area contributed by atoms with Crippen LogP contribution in [0, 0.1) is 0 Å². The molecule has 0 fully saturated rings. The maximum Gasteiger partial charge on any atom is 0.337 e. The van der Waals surface area contributed by atoms with Gasteiger partial charge in [0.05, 0.1) is 12.7 Å². The van der Waals surface area contributed by atoms with Crippen LogP contribution in [0.2, 0.25) is 0 Å². The van der Waals surface area contributed by atoms with Crippen molar-refractivity contribution in [1.29, 1.82) is 0 Å². The molecule has 0 saturated carbocycles. The topological polar surface area (TPSA) is 98.5 Å². The monoisotopic (exact) mass is 366 g/mol. The van der Waals surface area contributed by atoms with Crippen LogP contribution in [0.15, 0.2) is 52.9 Å². The Morgan fingerprint density at radius 2 is 1.89 bits per heavy atom. The van der Waals surface area contributed by atoms with Gasteiger partial charge in [-0.2, -0.15) is 0 Å². The van der Waals surface area contributed by atoms with Gasteiger partial charge in [-0.25, -0.2) is 9.78 Å². The molecule has 1 amide bonds. The fourth-order valence-corrected chi connectivity index (χ4v) is 2.73. The summed E-state index contributed by atoms with van der Waals surface area (Å²) in [5.74, 6) is -1.40. The van der Waals surface area contributed by atoms with E-state index in [9.17, 15) is 14.4 Å². The average Bonchev–Trinajstić information content (AvgIpc) is 3.10. The number of amides is 1. The van der Waals surface area contributed by atoms with Crippen LogP contribution < -0.4 is 5.32 Å². The number of oxazole rings is 1. The number of nitrogens with zero attached hydrogens (tertiary/aromatic N) is 1. The van der Waals surface area contributed by atoms with Gasteiger partial charge in [0, 0.05) is 13.3 Å². The van der Waals surface area contributed by atoms with Crippen molar-refractivity contribution in [3.8, 4) is 0 Å². The lowest BCUT2D eigenvalue weighted by Crippen LogP contribution is -2.41. The lowest BCUT2D eigenvalue weighted by molar-refractivity contribution is -0.119. The first kappa shape index (κ1) is 18.3. The molecule has 2 aromatic carbocycles. The zero-order valence-corrected chi connectivity index (χ0v) is 14.9. The maximum absolute atomic E-state index is 12.9. The van der Waals surface area contributed by atoms with Crippen LogP contribution in [0.1, 0.15) is 33.5 Å². The summed E-state index contributed by atoms with van der Waals surface area (Å²) in [6, 6.07) is 13.1. The van der Waals surface area contributed by atoms with E-state index in [0.717, 1.165) is 5.56 Å². The standard InChI is InChI=1S/C20H18N2O5/c1-12(23)21-16(10-13-6-4-3-5-7-13)18(24)19-22-15-11-14(20(25)26-2)8-9-17(15)27-19/h3-9,11,16H,10H2,1-2H3,(H,21,23). The molecule has 1 N–H and O–H groups in total. The van der Waals surface area contributed by atoms with Gasteiger partial charge in [0.15, 0.2) is 5.58 Å². The van der Waals surface area contributed by atoms with E-state index in [1.54, 1.807) is 6.07 Å². The maximum atomic E-state index is 12.9. The number of rotatable bonds is 6. The molecule has 0 aliphatic heterocycles. The van der Waals surface area contributed by atoms with Crippen LogP contribution in [0.5, 0.6) is 0 Å². The van der Waals surface area contributed by atoms with Crippen molar-refractivity contribution in [3.63, 3.8) is 0 Å². The van der Waals surface area contributed by atoms with E-state index in [1.165, 1.54) is 26.2 Å². The van der Waals surface area contributed by atoms with E-state index < -0.39 is 17.8 Å². The van der Waals surface area contributed by atoms with Crippen LogP contribution in [0.4, 0.5) is 0 Å². The van der Waals surface area contributed by atoms with Gasteiger partial charge in [0.25, 0.3) is 5.89 Å². The van der Waals surface area contributed by atoms with Gasteiger partial charge < -0.3 is 14.5 Å². The second-order valence-electron chi connectivity index (χ2n) is 6.00. The normalized spacial score (nSPS) is 11.8. The number of fused-ring (bicyclic) bond motifs is 1. The molecule has 7 nitrogen and oxygen atoms in total. The number of hydrogen-bond donors (Lipinski definition) is 1. The Balaban J connectivity index is 1.90. The highest BCUT2D eigenvalue weighted by molar-refractivity contribution is 6.00. The second-order valence-corrected chi connectivity index (χ2v) is 6.00. The molecule has 3 rings (SSSR count). The first-order chi connectivity index (χ1) is 13.0. The van der Waals surface area contributed by atoms with Gasteiger partial charge in [-0.3, -0.25) is 9.59 Å². The molecule has 0 aliphatic rings. The predicted molar refractivity (Wildman–Crippen MR) is 97.4 cm³/mol. The zero-order valence-electron chi connectivity index (χ0n) is 14.9. The highest BCUT2D eigenvalue weighted by atomic mass is 16.5. The quantitative estimate of drug-likeness (QED) is 0.532. The first-order valence-corrected chi connectivity index (χ1v) is 8.32. The molecule has 0 bridgehead atoms. The van der Waals surface area contributed by atoms with E-state index in [1.807, 2.05) is 30.3 Å². The summed E-state index contributed by atoms with van der Waals surface area (Å²) in [4.78, 5) is 40.2. The van der Waals surface area contributed by atoms with E-state index in [0.29, 0.717) is 23.1 Å². The van der Waals surface area contributed by atoms with Gasteiger partial charge in [-0.05, 0) is 23.8 Å². The molecule has 1 heterocycles. The zero-order chi connectivity index (χ0) is 19.4. The molecule has 7 heteroatoms. The number of methoxy groups -OCH3 is 1. The number of nitrogens with one attached hydrogen (secondary N) is 1. The molecule has 1 aromatic heterocycles. The number of carbonyl (C=O) groups is 3. The number of hydrogen-bond acceptors (Lipinski definition) is 6. The molecule has 138 valence electrons. The predicted octanol–water partition coefficient (Wildman–Crippen LogP) is 2.54. The molecular weight excluding hydrogens is 348 g/mol. The Bertz CT molecular complexity index is 994. The van der Waals surface area contributed by atoms with Gasteiger partial charge >= 0.3 is 5.97 Å². The van der Waals surface area contributed by atoms with Crippen molar-refractivity contribution >= 4 is 28.8 Å². The summed E-state index contributed by atoms with van der Waals surface area (Å²) in [6.45, 7) is 1.35. The summed E-state index contributed by atoms with van der Waals surface area (Å²) in [7, 11) is 1.28. The average molecular weight is 366 g/mol. The SMILES string of the molecule is COC(=O)c1ccc2oc(C(=O)C(Cc3ccccc3)NC(C)=O)nc2c1. The molecule has 3 aromatic rings. The highest BCUT2D eigenvalue weighted by Crippen LogP contribution is 2.19. The number of esters is 1. The molecule has 0 aliphatic carbocycles. The van der Waals surface area contributed by atoms with Crippen molar-refractivity contribution in [2.45, 2.75) is 19.4 Å². The minimum Gasteiger partial charge on any atom is -0.465 e. The largest absolute Gasteiger partial charge is 0.465 e. The molecule has 0 radical (unpaired) electrons. The summed E-state index contributed by atoms with van der Waals surface area (Å²) < 4.78 is 10.2. The Labute approximate surface area is 155 Å². The Hall–Kier alpha value is -3.48. The van der Waals surface area contributed by atoms with Gasteiger partial charge in [0.1, 0.15) is 11.6 Å². The van der Waals surface area contributed by atoms with Crippen LogP contribution >= 0.6 is 0 Å². The first-order valence-electron chi connectivity index (χ1n) is 8.32. The number of benzene rings is 2. The summed E-state index contributed by atoms with van der Waals surface area (Å²) >= 11 is 0. The summed E-state index contributed by atoms with van der Waals surface area (Å²) in [5.41, 5.74) is 1.93. The molecular formula is C20H18N2O5. The fourth-order valence-electron chi connectivity index (χ4n) is 2.73. The smallest absolute Gasteiger partial charge is 0.337 e. The molecule has 1 unspecified atom stereocenters. The van der Waals surface area contributed by atoms with E-state index in [-0.39, 0.29) is 11.8 Å². The van der Waals surface area contributed by atoms with Crippen molar-refractivity contribution in [1.82, 2.24) is 10.3 Å². The Morgan fingerprint density at radius 1 is 1.15 bits per heavy atom. The lowest BCUT2D eigenvalue weighted by atomic mass is 10.0. The minimum atomic E-state index is -0.807. The Morgan fingerprint density at radius 3 is 2.56 bits per heavy atom. The number of Topliss-reactive ketones (excluding diaryl/α,β-unsaturated/α-hetero) is 1. The summed E-state index contributed by atoms with van der Waals surface area (Å²) in [6.07, 6.45) is 0.311. The molecule has 27 heavy (non-hydrogen) atoms. The third-order valence-electron chi connectivity index (χ3n) is 4.00. The van der Waals surface area contributed by atoms with Crippen LogP contribution in [0.25, 0.3) is 11.1 Å². The van der Waals surface area contributed by atoms with Gasteiger partial charge in [0.2, 0.25) is 11.7 Å². The van der Waals surface area contributed by atoms with Crippen LogP contribution in [0.3, 0.4) is 0 Å². The number of carbonyl (C=O) groups excluding carboxylic acids is 3. The second kappa shape index (κ2) is 7.82. The molecule has 1 atom stereocenters.